The maximum atomic E-state index is 12.3. The predicted molar refractivity (Wildman–Crippen MR) is 105 cm³/mol. The summed E-state index contributed by atoms with van der Waals surface area (Å²) in [5, 5.41) is 20.4. The lowest BCUT2D eigenvalue weighted by atomic mass is 10.0. The van der Waals surface area contributed by atoms with Crippen LogP contribution < -0.4 is 10.5 Å². The Morgan fingerprint density at radius 1 is 1.04 bits per heavy atom. The zero-order chi connectivity index (χ0) is 19.9. The molecule has 2 aromatic carbocycles. The van der Waals surface area contributed by atoms with Crippen molar-refractivity contribution in [2.45, 2.75) is 6.04 Å². The molecule has 27 heavy (non-hydrogen) atoms. The van der Waals surface area contributed by atoms with Crippen molar-refractivity contribution in [1.82, 2.24) is 0 Å². The van der Waals surface area contributed by atoms with Crippen LogP contribution in [-0.4, -0.2) is 28.0 Å². The van der Waals surface area contributed by atoms with Gasteiger partial charge >= 0.3 is 5.97 Å². The van der Waals surface area contributed by atoms with Crippen LogP contribution in [0.15, 0.2) is 41.2 Å². The van der Waals surface area contributed by atoms with Crippen molar-refractivity contribution in [3.8, 4) is 16.9 Å². The number of fused-ring (bicyclic) bond motifs is 1. The normalized spacial score (nSPS) is 12.1. The standard InChI is InChI=1S/C18H11Cl2NO5S/c19-9-3-8(4-10(20)6-9)7-1-2-11-12(5-7)27-18(26)13(15(11)22)16(23)14(21)17(24)25/h1-6,14,22H,21H2,(H,24,25). The largest absolute Gasteiger partial charge is 0.506 e. The highest BCUT2D eigenvalue weighted by molar-refractivity contribution is 7.16. The van der Waals surface area contributed by atoms with E-state index in [4.69, 9.17) is 34.0 Å². The number of carbonyl (C=O) groups is 2. The summed E-state index contributed by atoms with van der Waals surface area (Å²) in [4.78, 5) is 35.4. The second-order valence-electron chi connectivity index (χ2n) is 5.66. The molecule has 4 N–H and O–H groups in total. The molecule has 0 spiro atoms. The first-order valence-corrected chi connectivity index (χ1v) is 9.05. The van der Waals surface area contributed by atoms with Gasteiger partial charge in [0.1, 0.15) is 11.3 Å². The van der Waals surface area contributed by atoms with Gasteiger partial charge in [-0.25, -0.2) is 0 Å². The molecule has 1 atom stereocenters. The molecule has 0 fully saturated rings. The lowest BCUT2D eigenvalue weighted by molar-refractivity contribution is -0.137. The first-order valence-electron chi connectivity index (χ1n) is 7.48. The van der Waals surface area contributed by atoms with E-state index < -0.39 is 33.8 Å². The Bertz CT molecular complexity index is 1140. The minimum atomic E-state index is -1.93. The van der Waals surface area contributed by atoms with Crippen molar-refractivity contribution >= 4 is 56.4 Å². The van der Waals surface area contributed by atoms with Crippen molar-refractivity contribution < 1.29 is 19.8 Å². The number of aliphatic carboxylic acids is 1. The van der Waals surface area contributed by atoms with Gasteiger partial charge in [-0.2, -0.15) is 0 Å². The summed E-state index contributed by atoms with van der Waals surface area (Å²) < 4.78 is -0.366. The summed E-state index contributed by atoms with van der Waals surface area (Å²) in [7, 11) is 0. The van der Waals surface area contributed by atoms with Gasteiger partial charge < -0.3 is 15.9 Å². The average molecular weight is 424 g/mol. The average Bonchev–Trinajstić information content (AvgIpc) is 2.59. The van der Waals surface area contributed by atoms with Gasteiger partial charge in [0.25, 0.3) is 0 Å². The Balaban J connectivity index is 2.18. The maximum absolute atomic E-state index is 12.3. The second kappa shape index (κ2) is 7.28. The molecule has 138 valence electrons. The third-order valence-corrected chi connectivity index (χ3v) is 5.25. The molecule has 0 amide bonds. The fraction of sp³-hybridized carbons (Fsp3) is 0.0556. The van der Waals surface area contributed by atoms with E-state index in [1.165, 1.54) is 6.07 Å². The summed E-state index contributed by atoms with van der Waals surface area (Å²) in [6.45, 7) is 0. The Labute approximate surface area is 166 Å². The minimum Gasteiger partial charge on any atom is -0.506 e. The van der Waals surface area contributed by atoms with Gasteiger partial charge in [-0.3, -0.25) is 14.4 Å². The summed E-state index contributed by atoms with van der Waals surface area (Å²) in [6, 6.07) is 7.87. The molecule has 0 saturated carbocycles. The second-order valence-corrected chi connectivity index (χ2v) is 7.55. The van der Waals surface area contributed by atoms with Gasteiger partial charge in [-0.05, 0) is 41.5 Å². The summed E-state index contributed by atoms with van der Waals surface area (Å²) in [5.41, 5.74) is 6.07. The molecule has 1 unspecified atom stereocenters. The van der Waals surface area contributed by atoms with Gasteiger partial charge in [-0.15, -0.1) is 0 Å². The summed E-state index contributed by atoms with van der Waals surface area (Å²) in [6.07, 6.45) is 0. The molecule has 0 aliphatic rings. The number of hydrogen-bond donors (Lipinski definition) is 3. The van der Waals surface area contributed by atoms with Crippen molar-refractivity contribution in [2.75, 3.05) is 0 Å². The van der Waals surface area contributed by atoms with Gasteiger partial charge in [0.05, 0.1) is 0 Å². The lowest BCUT2D eigenvalue weighted by Gasteiger charge is -2.10. The van der Waals surface area contributed by atoms with Crippen LogP contribution in [0.4, 0.5) is 0 Å². The molecule has 0 bridgehead atoms. The molecule has 0 radical (unpaired) electrons. The molecule has 1 aromatic heterocycles. The molecule has 6 nitrogen and oxygen atoms in total. The lowest BCUT2D eigenvalue weighted by Crippen LogP contribution is -2.40. The molecule has 0 saturated heterocycles. The number of benzene rings is 2. The van der Waals surface area contributed by atoms with Crippen LogP contribution in [-0.2, 0) is 4.79 Å². The van der Waals surface area contributed by atoms with Crippen LogP contribution in [0.5, 0.6) is 5.75 Å². The van der Waals surface area contributed by atoms with Gasteiger partial charge in [0, 0.05) is 20.1 Å². The topological polar surface area (TPSA) is 118 Å². The van der Waals surface area contributed by atoms with E-state index in [0.717, 1.165) is 0 Å². The Morgan fingerprint density at radius 2 is 1.67 bits per heavy atom. The minimum absolute atomic E-state index is 0.234. The predicted octanol–water partition coefficient (Wildman–Crippen LogP) is 3.54. The van der Waals surface area contributed by atoms with Crippen LogP contribution in [0.3, 0.4) is 0 Å². The third-order valence-electron chi connectivity index (χ3n) is 3.87. The van der Waals surface area contributed by atoms with Crippen molar-refractivity contribution in [2.24, 2.45) is 5.73 Å². The number of carboxylic acids is 1. The molecule has 0 aliphatic carbocycles. The zero-order valence-electron chi connectivity index (χ0n) is 13.4. The van der Waals surface area contributed by atoms with E-state index in [1.807, 2.05) is 0 Å². The van der Waals surface area contributed by atoms with Crippen molar-refractivity contribution in [3.05, 3.63) is 61.5 Å². The van der Waals surface area contributed by atoms with Crippen molar-refractivity contribution in [3.63, 3.8) is 0 Å². The zero-order valence-corrected chi connectivity index (χ0v) is 15.7. The monoisotopic (exact) mass is 423 g/mol. The molecule has 3 rings (SSSR count). The highest BCUT2D eigenvalue weighted by Gasteiger charge is 2.29. The number of Topliss-reactive ketones (excluding diaryl/α,β-unsaturated/α-hetero) is 1. The number of carboxylic acid groups (broad SMARTS) is 1. The van der Waals surface area contributed by atoms with Crippen LogP contribution in [0, 0.1) is 0 Å². The number of ketones is 1. The van der Waals surface area contributed by atoms with Gasteiger partial charge in [0.2, 0.25) is 4.74 Å². The fourth-order valence-electron chi connectivity index (χ4n) is 2.57. The Morgan fingerprint density at radius 3 is 2.26 bits per heavy atom. The molecule has 1 heterocycles. The van der Waals surface area contributed by atoms with E-state index in [-0.39, 0.29) is 5.39 Å². The van der Waals surface area contributed by atoms with Gasteiger partial charge in [0.15, 0.2) is 11.8 Å². The third kappa shape index (κ3) is 3.68. The number of hydrogen-bond acceptors (Lipinski definition) is 6. The van der Waals surface area contributed by atoms with Crippen LogP contribution in [0.1, 0.15) is 10.4 Å². The number of carbonyl (C=O) groups excluding carboxylic acids is 1. The van der Waals surface area contributed by atoms with E-state index in [2.05, 4.69) is 0 Å². The van der Waals surface area contributed by atoms with Crippen LogP contribution in [0.25, 0.3) is 21.2 Å². The highest BCUT2D eigenvalue weighted by Crippen LogP contribution is 2.34. The van der Waals surface area contributed by atoms with E-state index >= 15 is 0 Å². The fourth-order valence-corrected chi connectivity index (χ4v) is 4.06. The van der Waals surface area contributed by atoms with Crippen LogP contribution in [0.2, 0.25) is 10.0 Å². The Kier molecular flexibility index (Phi) is 5.21. The van der Waals surface area contributed by atoms with Crippen molar-refractivity contribution in [1.29, 1.82) is 0 Å². The highest BCUT2D eigenvalue weighted by atomic mass is 35.5. The first kappa shape index (κ1) is 19.3. The number of rotatable bonds is 4. The molecule has 3 aromatic rings. The van der Waals surface area contributed by atoms with E-state index in [9.17, 15) is 19.5 Å². The molecule has 0 aliphatic heterocycles. The smallest absolute Gasteiger partial charge is 0.328 e. The Hall–Kier alpha value is -2.45. The van der Waals surface area contributed by atoms with E-state index in [1.54, 1.807) is 30.3 Å². The number of aromatic hydroxyl groups is 1. The molecular formula is C18H11Cl2NO5S. The molecular weight excluding hydrogens is 413 g/mol. The number of halogens is 2. The first-order chi connectivity index (χ1) is 12.7. The quantitative estimate of drug-likeness (QED) is 0.436. The van der Waals surface area contributed by atoms with Crippen LogP contribution >= 0.6 is 34.5 Å². The van der Waals surface area contributed by atoms with E-state index in [0.29, 0.717) is 37.2 Å². The molecule has 9 heteroatoms. The number of nitrogens with two attached hydrogens (primary N) is 1. The summed E-state index contributed by atoms with van der Waals surface area (Å²) >= 11 is 12.7. The summed E-state index contributed by atoms with van der Waals surface area (Å²) in [5.74, 6) is -3.32. The van der Waals surface area contributed by atoms with Gasteiger partial charge in [-0.1, -0.05) is 40.6 Å². The maximum Gasteiger partial charge on any atom is 0.328 e. The SMILES string of the molecule is NC(C(=O)O)C(=O)c1c(O)c2ccc(-c3cc(Cl)cc(Cl)c3)cc2sc1=O.